The standard InChI is InChI=1S/C10H18ClN3O2S/c1-7-9(8(2)13-12-7)17(15,16)14-10(3,4)5-6-11/h14H,5-6H2,1-4H3,(H,12,13). The van der Waals surface area contributed by atoms with Crippen LogP contribution in [0.4, 0.5) is 0 Å². The van der Waals surface area contributed by atoms with Crippen LogP contribution >= 0.6 is 11.6 Å². The van der Waals surface area contributed by atoms with Gasteiger partial charge in [-0.15, -0.1) is 11.6 Å². The lowest BCUT2D eigenvalue weighted by Crippen LogP contribution is -2.43. The van der Waals surface area contributed by atoms with E-state index in [0.29, 0.717) is 23.7 Å². The summed E-state index contributed by atoms with van der Waals surface area (Å²) < 4.78 is 27.1. The van der Waals surface area contributed by atoms with Gasteiger partial charge in [-0.05, 0) is 34.1 Å². The molecule has 1 heterocycles. The highest BCUT2D eigenvalue weighted by atomic mass is 35.5. The molecule has 0 amide bonds. The number of nitrogens with one attached hydrogen (secondary N) is 2. The molecule has 0 bridgehead atoms. The topological polar surface area (TPSA) is 74.8 Å². The summed E-state index contributed by atoms with van der Waals surface area (Å²) in [7, 11) is -3.56. The van der Waals surface area contributed by atoms with Crippen molar-refractivity contribution in [2.24, 2.45) is 0 Å². The van der Waals surface area contributed by atoms with Gasteiger partial charge in [-0.25, -0.2) is 13.1 Å². The number of hydrogen-bond donors (Lipinski definition) is 2. The number of rotatable bonds is 5. The molecule has 0 saturated heterocycles. The molecule has 7 heteroatoms. The van der Waals surface area contributed by atoms with Gasteiger partial charge < -0.3 is 0 Å². The first-order chi connectivity index (χ1) is 7.69. The molecule has 17 heavy (non-hydrogen) atoms. The van der Waals surface area contributed by atoms with E-state index in [2.05, 4.69) is 14.9 Å². The molecule has 0 aliphatic rings. The fraction of sp³-hybridized carbons (Fsp3) is 0.700. The Labute approximate surface area is 107 Å². The largest absolute Gasteiger partial charge is 0.281 e. The van der Waals surface area contributed by atoms with E-state index < -0.39 is 15.6 Å². The van der Waals surface area contributed by atoms with Crippen LogP contribution in [0, 0.1) is 13.8 Å². The number of H-pyrrole nitrogens is 1. The quantitative estimate of drug-likeness (QED) is 0.806. The second kappa shape index (κ2) is 4.96. The Morgan fingerprint density at radius 2 is 2.00 bits per heavy atom. The van der Waals surface area contributed by atoms with E-state index in [1.165, 1.54) is 0 Å². The highest BCUT2D eigenvalue weighted by Crippen LogP contribution is 2.20. The fourth-order valence-corrected chi connectivity index (χ4v) is 3.93. The van der Waals surface area contributed by atoms with Crippen LogP contribution in [0.5, 0.6) is 0 Å². The van der Waals surface area contributed by atoms with Gasteiger partial charge in [-0.2, -0.15) is 5.10 Å². The zero-order chi connectivity index (χ0) is 13.3. The third kappa shape index (κ3) is 3.43. The summed E-state index contributed by atoms with van der Waals surface area (Å²) in [6, 6.07) is 0. The minimum Gasteiger partial charge on any atom is -0.281 e. The molecule has 2 N–H and O–H groups in total. The third-order valence-corrected chi connectivity index (χ3v) is 4.61. The van der Waals surface area contributed by atoms with Gasteiger partial charge in [0, 0.05) is 11.4 Å². The molecule has 1 aromatic heterocycles. The van der Waals surface area contributed by atoms with E-state index in [-0.39, 0.29) is 4.90 Å². The van der Waals surface area contributed by atoms with Crippen molar-refractivity contribution in [2.45, 2.75) is 44.6 Å². The first-order valence-corrected chi connectivity index (χ1v) is 7.33. The molecular weight excluding hydrogens is 262 g/mol. The van der Waals surface area contributed by atoms with Crippen molar-refractivity contribution in [3.8, 4) is 0 Å². The fourth-order valence-electron chi connectivity index (χ4n) is 1.64. The Bertz CT molecular complexity index is 474. The number of aromatic nitrogens is 2. The number of hydrogen-bond acceptors (Lipinski definition) is 3. The van der Waals surface area contributed by atoms with Crippen LogP contribution in [0.2, 0.25) is 0 Å². The molecule has 0 spiro atoms. The summed E-state index contributed by atoms with van der Waals surface area (Å²) in [5.74, 6) is 0.402. The minimum absolute atomic E-state index is 0.222. The molecule has 0 aromatic carbocycles. The van der Waals surface area contributed by atoms with Gasteiger partial charge in [-0.1, -0.05) is 0 Å². The average molecular weight is 280 g/mol. The van der Waals surface area contributed by atoms with Gasteiger partial charge >= 0.3 is 0 Å². The molecule has 0 radical (unpaired) electrons. The van der Waals surface area contributed by atoms with Crippen molar-refractivity contribution in [3.63, 3.8) is 0 Å². The monoisotopic (exact) mass is 279 g/mol. The Kier molecular flexibility index (Phi) is 4.22. The minimum atomic E-state index is -3.56. The second-order valence-corrected chi connectivity index (χ2v) is 6.69. The van der Waals surface area contributed by atoms with Gasteiger partial charge in [0.05, 0.1) is 11.4 Å². The molecule has 1 aromatic rings. The maximum absolute atomic E-state index is 12.2. The molecule has 1 rings (SSSR count). The van der Waals surface area contributed by atoms with E-state index in [4.69, 9.17) is 11.6 Å². The number of aryl methyl sites for hydroxylation is 2. The Morgan fingerprint density at radius 3 is 2.41 bits per heavy atom. The van der Waals surface area contributed by atoms with Gasteiger partial charge in [0.15, 0.2) is 0 Å². The van der Waals surface area contributed by atoms with Crippen molar-refractivity contribution in [1.29, 1.82) is 0 Å². The average Bonchev–Trinajstić information content (AvgIpc) is 2.43. The highest BCUT2D eigenvalue weighted by molar-refractivity contribution is 7.89. The zero-order valence-corrected chi connectivity index (χ0v) is 12.0. The lowest BCUT2D eigenvalue weighted by molar-refractivity contribution is 0.441. The summed E-state index contributed by atoms with van der Waals surface area (Å²) in [6.07, 6.45) is 0.559. The summed E-state index contributed by atoms with van der Waals surface area (Å²) >= 11 is 5.65. The maximum Gasteiger partial charge on any atom is 0.244 e. The molecule has 0 atom stereocenters. The Hall–Kier alpha value is -0.590. The van der Waals surface area contributed by atoms with E-state index in [9.17, 15) is 8.42 Å². The summed E-state index contributed by atoms with van der Waals surface area (Å²) in [5.41, 5.74) is 0.435. The van der Waals surface area contributed by atoms with Crippen LogP contribution < -0.4 is 4.72 Å². The molecule has 98 valence electrons. The van der Waals surface area contributed by atoms with Crippen LogP contribution in [0.15, 0.2) is 4.90 Å². The third-order valence-electron chi connectivity index (χ3n) is 2.46. The molecular formula is C10H18ClN3O2S. The number of sulfonamides is 1. The van der Waals surface area contributed by atoms with Crippen LogP contribution in [0.3, 0.4) is 0 Å². The van der Waals surface area contributed by atoms with Crippen LogP contribution in [-0.2, 0) is 10.0 Å². The van der Waals surface area contributed by atoms with Crippen LogP contribution in [-0.4, -0.2) is 30.0 Å². The zero-order valence-electron chi connectivity index (χ0n) is 10.5. The van der Waals surface area contributed by atoms with Crippen LogP contribution in [0.1, 0.15) is 31.7 Å². The van der Waals surface area contributed by atoms with Crippen molar-refractivity contribution >= 4 is 21.6 Å². The highest BCUT2D eigenvalue weighted by Gasteiger charge is 2.29. The molecule has 0 unspecified atom stereocenters. The normalized spacial score (nSPS) is 13.0. The van der Waals surface area contributed by atoms with Gasteiger partial charge in [0.2, 0.25) is 10.0 Å². The summed E-state index contributed by atoms with van der Waals surface area (Å²) in [6.45, 7) is 6.95. The van der Waals surface area contributed by atoms with E-state index in [0.717, 1.165) is 0 Å². The number of halogens is 1. The van der Waals surface area contributed by atoms with Crippen molar-refractivity contribution < 1.29 is 8.42 Å². The van der Waals surface area contributed by atoms with Gasteiger partial charge in [-0.3, -0.25) is 5.10 Å². The lowest BCUT2D eigenvalue weighted by Gasteiger charge is -2.24. The number of nitrogens with zero attached hydrogens (tertiary/aromatic N) is 1. The van der Waals surface area contributed by atoms with E-state index in [1.807, 2.05) is 0 Å². The number of aromatic amines is 1. The van der Waals surface area contributed by atoms with Gasteiger partial charge in [0.25, 0.3) is 0 Å². The molecule has 5 nitrogen and oxygen atoms in total. The Morgan fingerprint density at radius 1 is 1.41 bits per heavy atom. The predicted octanol–water partition coefficient (Wildman–Crippen LogP) is 1.71. The Balaban J connectivity index is 3.06. The first kappa shape index (κ1) is 14.5. The lowest BCUT2D eigenvalue weighted by atomic mass is 10.0. The smallest absolute Gasteiger partial charge is 0.244 e. The first-order valence-electron chi connectivity index (χ1n) is 5.31. The SMILES string of the molecule is Cc1n[nH]c(C)c1S(=O)(=O)NC(C)(C)CCCl. The van der Waals surface area contributed by atoms with Crippen molar-refractivity contribution in [1.82, 2.24) is 14.9 Å². The second-order valence-electron chi connectivity index (χ2n) is 4.69. The molecule has 0 fully saturated rings. The summed E-state index contributed by atoms with van der Waals surface area (Å²) in [5, 5.41) is 6.55. The molecule has 0 saturated carbocycles. The number of alkyl halides is 1. The molecule has 0 aliphatic heterocycles. The van der Waals surface area contributed by atoms with E-state index >= 15 is 0 Å². The summed E-state index contributed by atoms with van der Waals surface area (Å²) in [4.78, 5) is 0.222. The maximum atomic E-state index is 12.2. The van der Waals surface area contributed by atoms with Crippen molar-refractivity contribution in [3.05, 3.63) is 11.4 Å². The van der Waals surface area contributed by atoms with Crippen molar-refractivity contribution in [2.75, 3.05) is 5.88 Å². The van der Waals surface area contributed by atoms with E-state index in [1.54, 1.807) is 27.7 Å². The van der Waals surface area contributed by atoms with Gasteiger partial charge in [0.1, 0.15) is 4.90 Å². The predicted molar refractivity (Wildman–Crippen MR) is 67.8 cm³/mol. The van der Waals surface area contributed by atoms with Crippen LogP contribution in [0.25, 0.3) is 0 Å². The molecule has 0 aliphatic carbocycles.